The van der Waals surface area contributed by atoms with E-state index in [9.17, 15) is 5.11 Å². The molecule has 2 heterocycles. The molecule has 0 aliphatic rings. The van der Waals surface area contributed by atoms with Crippen molar-refractivity contribution < 1.29 is 5.11 Å². The average Bonchev–Trinajstić information content (AvgIpc) is 3.15. The molecule has 0 saturated carbocycles. The van der Waals surface area contributed by atoms with Crippen molar-refractivity contribution >= 4 is 10.9 Å². The number of hydrogen-bond acceptors (Lipinski definition) is 4. The third-order valence-electron chi connectivity index (χ3n) is 4.72. The van der Waals surface area contributed by atoms with E-state index in [1.165, 1.54) is 5.56 Å². The molecular formula is C21H20N4O. The van der Waals surface area contributed by atoms with Gasteiger partial charge in [0.1, 0.15) is 5.75 Å². The van der Waals surface area contributed by atoms with Gasteiger partial charge in [-0.05, 0) is 47.4 Å². The van der Waals surface area contributed by atoms with Gasteiger partial charge in [0.15, 0.2) is 0 Å². The van der Waals surface area contributed by atoms with Gasteiger partial charge in [-0.25, -0.2) is 0 Å². The molecule has 0 radical (unpaired) electrons. The fourth-order valence-electron chi connectivity index (χ4n) is 3.44. The number of aromatic hydroxyl groups is 1. The first kappa shape index (κ1) is 16.3. The molecule has 0 fully saturated rings. The number of hydrogen-bond donors (Lipinski definition) is 3. The molecule has 0 saturated heterocycles. The monoisotopic (exact) mass is 344 g/mol. The minimum atomic E-state index is 0.246. The predicted octanol–water partition coefficient (Wildman–Crippen LogP) is 4.02. The molecule has 0 atom stereocenters. The maximum atomic E-state index is 9.62. The van der Waals surface area contributed by atoms with Crippen molar-refractivity contribution in [3.63, 3.8) is 0 Å². The minimum Gasteiger partial charge on any atom is -0.508 e. The lowest BCUT2D eigenvalue weighted by Gasteiger charge is -2.17. The summed E-state index contributed by atoms with van der Waals surface area (Å²) in [5, 5.41) is 17.8. The second-order valence-electron chi connectivity index (χ2n) is 6.25. The summed E-state index contributed by atoms with van der Waals surface area (Å²) in [7, 11) is 0. The fourth-order valence-corrected chi connectivity index (χ4v) is 3.44. The van der Waals surface area contributed by atoms with Crippen molar-refractivity contribution in [3.05, 3.63) is 66.1 Å². The lowest BCUT2D eigenvalue weighted by Crippen LogP contribution is -2.06. The highest BCUT2D eigenvalue weighted by Gasteiger charge is 2.16. The Morgan fingerprint density at radius 2 is 1.81 bits per heavy atom. The van der Waals surface area contributed by atoms with E-state index in [0.717, 1.165) is 45.3 Å². The van der Waals surface area contributed by atoms with Gasteiger partial charge < -0.3 is 10.8 Å². The Hall–Kier alpha value is -3.18. The Balaban J connectivity index is 1.95. The van der Waals surface area contributed by atoms with Crippen LogP contribution in [0.4, 0.5) is 0 Å². The van der Waals surface area contributed by atoms with Crippen LogP contribution >= 0.6 is 0 Å². The summed E-state index contributed by atoms with van der Waals surface area (Å²) in [6, 6.07) is 13.4. The molecule has 4 aromatic rings. The van der Waals surface area contributed by atoms with Gasteiger partial charge in [-0.1, -0.05) is 25.1 Å². The van der Waals surface area contributed by atoms with E-state index in [1.54, 1.807) is 12.1 Å². The normalized spacial score (nSPS) is 11.2. The van der Waals surface area contributed by atoms with E-state index in [0.29, 0.717) is 6.54 Å². The van der Waals surface area contributed by atoms with Gasteiger partial charge in [-0.3, -0.25) is 10.1 Å². The highest BCUT2D eigenvalue weighted by Crippen LogP contribution is 2.35. The number of fused-ring (bicyclic) bond motifs is 1. The number of nitrogens with one attached hydrogen (secondary N) is 1. The van der Waals surface area contributed by atoms with E-state index >= 15 is 0 Å². The predicted molar refractivity (Wildman–Crippen MR) is 104 cm³/mol. The fraction of sp³-hybridized carbons (Fsp3) is 0.143. The van der Waals surface area contributed by atoms with Gasteiger partial charge in [-0.15, -0.1) is 0 Å². The average molecular weight is 344 g/mol. The van der Waals surface area contributed by atoms with E-state index in [4.69, 9.17) is 5.73 Å². The molecule has 26 heavy (non-hydrogen) atoms. The van der Waals surface area contributed by atoms with Crippen LogP contribution in [-0.2, 0) is 13.0 Å². The highest BCUT2D eigenvalue weighted by molar-refractivity contribution is 5.87. The zero-order valence-corrected chi connectivity index (χ0v) is 14.5. The number of aromatic amines is 1. The number of H-pyrrole nitrogens is 1. The van der Waals surface area contributed by atoms with Crippen molar-refractivity contribution in [2.75, 3.05) is 0 Å². The standard InChI is InChI=1S/C21H20N4O/c1-2-17-18(14-5-8-19-15(9-14)11-24-25-19)12-23-20(10-22)21(17)13-3-6-16(26)7-4-13/h3-9,11-12,26H,2,10,22H2,1H3,(H,24,25). The molecule has 0 unspecified atom stereocenters. The van der Waals surface area contributed by atoms with Crippen molar-refractivity contribution in [1.29, 1.82) is 0 Å². The zero-order chi connectivity index (χ0) is 18.1. The lowest BCUT2D eigenvalue weighted by atomic mass is 9.90. The number of rotatable bonds is 4. The molecule has 2 aromatic heterocycles. The van der Waals surface area contributed by atoms with Crippen molar-refractivity contribution in [1.82, 2.24) is 15.2 Å². The molecule has 5 nitrogen and oxygen atoms in total. The van der Waals surface area contributed by atoms with Crippen LogP contribution in [0.15, 0.2) is 54.9 Å². The van der Waals surface area contributed by atoms with E-state index in [-0.39, 0.29) is 5.75 Å². The third kappa shape index (κ3) is 2.72. The minimum absolute atomic E-state index is 0.246. The second kappa shape index (κ2) is 6.61. The van der Waals surface area contributed by atoms with Crippen molar-refractivity contribution in [2.24, 2.45) is 5.73 Å². The summed E-state index contributed by atoms with van der Waals surface area (Å²) in [6.07, 6.45) is 4.59. The van der Waals surface area contributed by atoms with Gasteiger partial charge in [0.2, 0.25) is 0 Å². The summed E-state index contributed by atoms with van der Waals surface area (Å²) < 4.78 is 0. The summed E-state index contributed by atoms with van der Waals surface area (Å²) >= 11 is 0. The lowest BCUT2D eigenvalue weighted by molar-refractivity contribution is 0.475. The van der Waals surface area contributed by atoms with Gasteiger partial charge in [0, 0.05) is 29.3 Å². The van der Waals surface area contributed by atoms with E-state index in [1.807, 2.05) is 30.6 Å². The van der Waals surface area contributed by atoms with Gasteiger partial charge in [0.05, 0.1) is 17.4 Å². The Morgan fingerprint density at radius 1 is 1.04 bits per heavy atom. The Bertz CT molecular complexity index is 1070. The van der Waals surface area contributed by atoms with Gasteiger partial charge >= 0.3 is 0 Å². The van der Waals surface area contributed by atoms with Crippen LogP contribution in [0.1, 0.15) is 18.2 Å². The second-order valence-corrected chi connectivity index (χ2v) is 6.25. The maximum Gasteiger partial charge on any atom is 0.115 e. The van der Waals surface area contributed by atoms with Crippen LogP contribution in [-0.4, -0.2) is 20.3 Å². The molecule has 130 valence electrons. The number of phenols is 1. The summed E-state index contributed by atoms with van der Waals surface area (Å²) in [5.41, 5.74) is 13.3. The summed E-state index contributed by atoms with van der Waals surface area (Å²) in [6.45, 7) is 2.50. The molecular weight excluding hydrogens is 324 g/mol. The number of nitrogens with zero attached hydrogens (tertiary/aromatic N) is 2. The molecule has 0 spiro atoms. The van der Waals surface area contributed by atoms with Crippen LogP contribution < -0.4 is 5.73 Å². The van der Waals surface area contributed by atoms with Crippen LogP contribution in [0.2, 0.25) is 0 Å². The van der Waals surface area contributed by atoms with Crippen LogP contribution in [0.3, 0.4) is 0 Å². The third-order valence-corrected chi connectivity index (χ3v) is 4.72. The first-order valence-electron chi connectivity index (χ1n) is 8.65. The number of phenolic OH excluding ortho intramolecular Hbond substituents is 1. The SMILES string of the molecule is CCc1c(-c2ccc3[nH]ncc3c2)cnc(CN)c1-c1ccc(O)cc1. The van der Waals surface area contributed by atoms with Crippen LogP contribution in [0, 0.1) is 0 Å². The number of benzene rings is 2. The van der Waals surface area contributed by atoms with Gasteiger partial charge in [0.25, 0.3) is 0 Å². The Kier molecular flexibility index (Phi) is 4.14. The molecule has 4 rings (SSSR count). The maximum absolute atomic E-state index is 9.62. The van der Waals surface area contributed by atoms with Gasteiger partial charge in [-0.2, -0.15) is 5.10 Å². The molecule has 0 amide bonds. The molecule has 0 aliphatic heterocycles. The molecule has 5 heteroatoms. The largest absolute Gasteiger partial charge is 0.508 e. The molecule has 4 N–H and O–H groups in total. The highest BCUT2D eigenvalue weighted by atomic mass is 16.3. The number of aromatic nitrogens is 3. The van der Waals surface area contributed by atoms with E-state index in [2.05, 4.69) is 34.2 Å². The van der Waals surface area contributed by atoms with Crippen LogP contribution in [0.25, 0.3) is 33.2 Å². The summed E-state index contributed by atoms with van der Waals surface area (Å²) in [5.74, 6) is 0.246. The zero-order valence-electron chi connectivity index (χ0n) is 14.5. The van der Waals surface area contributed by atoms with Crippen LogP contribution in [0.5, 0.6) is 5.75 Å². The quantitative estimate of drug-likeness (QED) is 0.522. The van der Waals surface area contributed by atoms with E-state index < -0.39 is 0 Å². The van der Waals surface area contributed by atoms with Crippen molar-refractivity contribution in [2.45, 2.75) is 19.9 Å². The smallest absolute Gasteiger partial charge is 0.115 e. The molecule has 0 bridgehead atoms. The first-order chi connectivity index (χ1) is 12.7. The summed E-state index contributed by atoms with van der Waals surface area (Å²) in [4.78, 5) is 4.64. The Labute approximate surface area is 151 Å². The number of nitrogens with two attached hydrogens (primary N) is 1. The topological polar surface area (TPSA) is 87.8 Å². The molecule has 2 aromatic carbocycles. The number of pyridine rings is 1. The molecule has 0 aliphatic carbocycles. The Morgan fingerprint density at radius 3 is 2.54 bits per heavy atom. The van der Waals surface area contributed by atoms with Crippen molar-refractivity contribution in [3.8, 4) is 28.0 Å². The first-order valence-corrected chi connectivity index (χ1v) is 8.65.